The fourth-order valence-corrected chi connectivity index (χ4v) is 2.99. The molecule has 1 N–H and O–H groups in total. The first kappa shape index (κ1) is 13.0. The number of hydrogen-bond donors (Lipinski definition) is 1. The van der Waals surface area contributed by atoms with Crippen LogP contribution in [0.3, 0.4) is 0 Å². The van der Waals surface area contributed by atoms with Crippen molar-refractivity contribution in [1.82, 2.24) is 0 Å². The van der Waals surface area contributed by atoms with E-state index >= 15 is 0 Å². The summed E-state index contributed by atoms with van der Waals surface area (Å²) in [5.74, 6) is 0.946. The minimum Gasteiger partial charge on any atom is -0.497 e. The van der Waals surface area contributed by atoms with Crippen LogP contribution in [-0.4, -0.2) is 7.11 Å². The highest BCUT2D eigenvalue weighted by molar-refractivity contribution is 5.50. The Balaban J connectivity index is 1.89. The third-order valence-electron chi connectivity index (χ3n) is 4.03. The predicted octanol–water partition coefficient (Wildman–Crippen LogP) is 4.49. The maximum Gasteiger partial charge on any atom is 0.119 e. The third kappa shape index (κ3) is 2.64. The van der Waals surface area contributed by atoms with Crippen molar-refractivity contribution in [2.24, 2.45) is 0 Å². The molecule has 0 saturated heterocycles. The molecular weight excluding hydrogens is 246 g/mol. The van der Waals surface area contributed by atoms with E-state index in [0.29, 0.717) is 6.04 Å². The van der Waals surface area contributed by atoms with Gasteiger partial charge < -0.3 is 10.1 Å². The van der Waals surface area contributed by atoms with E-state index in [0.717, 1.165) is 5.75 Å². The van der Waals surface area contributed by atoms with Crippen molar-refractivity contribution in [3.63, 3.8) is 0 Å². The van der Waals surface area contributed by atoms with Crippen LogP contribution in [0, 0.1) is 6.92 Å². The third-order valence-corrected chi connectivity index (χ3v) is 4.03. The van der Waals surface area contributed by atoms with E-state index in [1.54, 1.807) is 7.11 Å². The van der Waals surface area contributed by atoms with E-state index in [9.17, 15) is 0 Å². The van der Waals surface area contributed by atoms with Gasteiger partial charge in [-0.05, 0) is 67.1 Å². The Bertz CT molecular complexity index is 606. The van der Waals surface area contributed by atoms with Gasteiger partial charge in [0, 0.05) is 5.69 Å². The second-order valence-electron chi connectivity index (χ2n) is 5.52. The van der Waals surface area contributed by atoms with E-state index < -0.39 is 0 Å². The van der Waals surface area contributed by atoms with Gasteiger partial charge in [0.2, 0.25) is 0 Å². The summed E-state index contributed by atoms with van der Waals surface area (Å²) in [4.78, 5) is 0. The van der Waals surface area contributed by atoms with Gasteiger partial charge in [-0.2, -0.15) is 0 Å². The van der Waals surface area contributed by atoms with Crippen molar-refractivity contribution in [3.05, 3.63) is 59.2 Å². The molecule has 1 aliphatic rings. The number of ether oxygens (including phenoxy) is 1. The number of aryl methyl sites for hydroxylation is 2. The minimum atomic E-state index is 0.385. The monoisotopic (exact) mass is 267 g/mol. The molecule has 1 aliphatic carbocycles. The average Bonchev–Trinajstić information content (AvgIpc) is 2.47. The van der Waals surface area contributed by atoms with Gasteiger partial charge in [-0.1, -0.05) is 18.2 Å². The molecule has 2 nitrogen and oxygen atoms in total. The summed E-state index contributed by atoms with van der Waals surface area (Å²) in [5.41, 5.74) is 5.32. The summed E-state index contributed by atoms with van der Waals surface area (Å²) in [6.45, 7) is 2.13. The molecule has 0 saturated carbocycles. The Morgan fingerprint density at radius 2 is 2.05 bits per heavy atom. The van der Waals surface area contributed by atoms with E-state index in [2.05, 4.69) is 54.7 Å². The molecule has 2 aromatic carbocycles. The SMILES string of the molecule is COc1ccc2c(c1)C(Nc1cccc(C)c1)CCC2. The quantitative estimate of drug-likeness (QED) is 0.884. The Morgan fingerprint density at radius 3 is 2.85 bits per heavy atom. The van der Waals surface area contributed by atoms with Crippen LogP contribution in [0.5, 0.6) is 5.75 Å². The van der Waals surface area contributed by atoms with Gasteiger partial charge in [0.1, 0.15) is 5.75 Å². The molecule has 0 spiro atoms. The minimum absolute atomic E-state index is 0.385. The molecule has 0 heterocycles. The van der Waals surface area contributed by atoms with Crippen LogP contribution in [-0.2, 0) is 6.42 Å². The van der Waals surface area contributed by atoms with E-state index in [-0.39, 0.29) is 0 Å². The molecule has 0 amide bonds. The maximum atomic E-state index is 5.37. The van der Waals surface area contributed by atoms with Crippen molar-refractivity contribution in [2.75, 3.05) is 12.4 Å². The predicted molar refractivity (Wildman–Crippen MR) is 83.5 cm³/mol. The first-order chi connectivity index (χ1) is 9.76. The zero-order chi connectivity index (χ0) is 13.9. The van der Waals surface area contributed by atoms with Gasteiger partial charge in [0.25, 0.3) is 0 Å². The molecule has 1 atom stereocenters. The zero-order valence-corrected chi connectivity index (χ0v) is 12.1. The normalized spacial score (nSPS) is 17.4. The van der Waals surface area contributed by atoms with Crippen molar-refractivity contribution in [2.45, 2.75) is 32.2 Å². The fraction of sp³-hybridized carbons (Fsp3) is 0.333. The lowest BCUT2D eigenvalue weighted by Crippen LogP contribution is -2.17. The molecule has 0 fully saturated rings. The Labute approximate surface area is 120 Å². The maximum absolute atomic E-state index is 5.37. The molecule has 2 aromatic rings. The van der Waals surface area contributed by atoms with Crippen LogP contribution in [0.25, 0.3) is 0 Å². The Hall–Kier alpha value is -1.96. The highest BCUT2D eigenvalue weighted by Crippen LogP contribution is 2.34. The second-order valence-corrected chi connectivity index (χ2v) is 5.52. The number of fused-ring (bicyclic) bond motifs is 1. The van der Waals surface area contributed by atoms with Gasteiger partial charge in [-0.15, -0.1) is 0 Å². The van der Waals surface area contributed by atoms with Gasteiger partial charge in [-0.25, -0.2) is 0 Å². The standard InChI is InChI=1S/C18H21NO/c1-13-5-3-7-15(11-13)19-18-8-4-6-14-9-10-16(20-2)12-17(14)18/h3,5,7,9-12,18-19H,4,6,8H2,1-2H3. The first-order valence-corrected chi connectivity index (χ1v) is 7.26. The molecule has 0 radical (unpaired) electrons. The van der Waals surface area contributed by atoms with Crippen LogP contribution in [0.1, 0.15) is 35.6 Å². The number of hydrogen-bond acceptors (Lipinski definition) is 2. The lowest BCUT2D eigenvalue weighted by Gasteiger charge is -2.28. The largest absolute Gasteiger partial charge is 0.497 e. The molecule has 1 unspecified atom stereocenters. The van der Waals surface area contributed by atoms with Crippen molar-refractivity contribution < 1.29 is 4.74 Å². The second kappa shape index (κ2) is 5.58. The Kier molecular flexibility index (Phi) is 3.64. The van der Waals surface area contributed by atoms with Crippen LogP contribution in [0.15, 0.2) is 42.5 Å². The fourth-order valence-electron chi connectivity index (χ4n) is 2.99. The number of nitrogens with one attached hydrogen (secondary N) is 1. The number of benzene rings is 2. The molecule has 20 heavy (non-hydrogen) atoms. The van der Waals surface area contributed by atoms with Crippen molar-refractivity contribution in [3.8, 4) is 5.75 Å². The summed E-state index contributed by atoms with van der Waals surface area (Å²) < 4.78 is 5.37. The average molecular weight is 267 g/mol. The topological polar surface area (TPSA) is 21.3 Å². The van der Waals surface area contributed by atoms with Crippen LogP contribution < -0.4 is 10.1 Å². The van der Waals surface area contributed by atoms with Gasteiger partial charge in [-0.3, -0.25) is 0 Å². The highest BCUT2D eigenvalue weighted by atomic mass is 16.5. The lowest BCUT2D eigenvalue weighted by atomic mass is 9.87. The summed E-state index contributed by atoms with van der Waals surface area (Å²) >= 11 is 0. The summed E-state index contributed by atoms with van der Waals surface area (Å²) in [6.07, 6.45) is 3.59. The molecule has 3 rings (SSSR count). The summed E-state index contributed by atoms with van der Waals surface area (Å²) in [7, 11) is 1.73. The summed E-state index contributed by atoms with van der Waals surface area (Å²) in [6, 6.07) is 15.4. The summed E-state index contributed by atoms with van der Waals surface area (Å²) in [5, 5.41) is 3.67. The highest BCUT2D eigenvalue weighted by Gasteiger charge is 2.20. The molecule has 0 aromatic heterocycles. The molecule has 0 bridgehead atoms. The smallest absolute Gasteiger partial charge is 0.119 e. The van der Waals surface area contributed by atoms with Crippen LogP contribution >= 0.6 is 0 Å². The number of methoxy groups -OCH3 is 1. The molecular formula is C18H21NO. The molecule has 0 aliphatic heterocycles. The van der Waals surface area contributed by atoms with E-state index in [4.69, 9.17) is 4.74 Å². The van der Waals surface area contributed by atoms with Gasteiger partial charge in [0.05, 0.1) is 13.2 Å². The van der Waals surface area contributed by atoms with Gasteiger partial charge >= 0.3 is 0 Å². The van der Waals surface area contributed by atoms with Crippen LogP contribution in [0.4, 0.5) is 5.69 Å². The van der Waals surface area contributed by atoms with Gasteiger partial charge in [0.15, 0.2) is 0 Å². The van der Waals surface area contributed by atoms with E-state index in [1.807, 2.05) is 0 Å². The van der Waals surface area contributed by atoms with E-state index in [1.165, 1.54) is 41.6 Å². The van der Waals surface area contributed by atoms with Crippen molar-refractivity contribution >= 4 is 5.69 Å². The van der Waals surface area contributed by atoms with Crippen molar-refractivity contribution in [1.29, 1.82) is 0 Å². The number of rotatable bonds is 3. The first-order valence-electron chi connectivity index (χ1n) is 7.26. The number of anilines is 1. The molecule has 104 valence electrons. The molecule has 2 heteroatoms. The lowest BCUT2D eigenvalue weighted by molar-refractivity contribution is 0.413. The van der Waals surface area contributed by atoms with Crippen LogP contribution in [0.2, 0.25) is 0 Å². The zero-order valence-electron chi connectivity index (χ0n) is 12.1. The Morgan fingerprint density at radius 1 is 1.15 bits per heavy atom.